The molecule has 0 unspecified atom stereocenters. The van der Waals surface area contributed by atoms with E-state index in [1.807, 2.05) is 0 Å². The first-order valence-electron chi connectivity index (χ1n) is 3.59. The summed E-state index contributed by atoms with van der Waals surface area (Å²) in [7, 11) is 0. The van der Waals surface area contributed by atoms with Crippen molar-refractivity contribution in [1.82, 2.24) is 0 Å². The highest BCUT2D eigenvalue weighted by Gasteiger charge is 2.20. The van der Waals surface area contributed by atoms with Crippen molar-refractivity contribution in [3.8, 4) is 0 Å². The third-order valence-corrected chi connectivity index (χ3v) is 1.83. The fourth-order valence-electron chi connectivity index (χ4n) is 1.47. The van der Waals surface area contributed by atoms with E-state index in [4.69, 9.17) is 0 Å². The third kappa shape index (κ3) is 1.85. The van der Waals surface area contributed by atoms with Crippen LogP contribution in [0.4, 0.5) is 0 Å². The van der Waals surface area contributed by atoms with Gasteiger partial charge in [0.2, 0.25) is 0 Å². The van der Waals surface area contributed by atoms with Gasteiger partial charge in [-0.1, -0.05) is 25.5 Å². The lowest BCUT2D eigenvalue weighted by Crippen LogP contribution is -2.14. The molecule has 0 spiro atoms. The van der Waals surface area contributed by atoms with E-state index in [2.05, 4.69) is 33.3 Å². The van der Waals surface area contributed by atoms with Crippen LogP contribution in [-0.2, 0) is 0 Å². The largest absolute Gasteiger partial charge is 0.0819 e. The molecule has 0 heterocycles. The molecule has 0 saturated carbocycles. The van der Waals surface area contributed by atoms with Crippen LogP contribution in [0.5, 0.6) is 0 Å². The molecule has 0 aromatic heterocycles. The number of hydrogen-bond acceptors (Lipinski definition) is 0. The normalized spacial score (nSPS) is 25.4. The zero-order chi connectivity index (χ0) is 6.91. The highest BCUT2D eigenvalue weighted by atomic mass is 14.2. The van der Waals surface area contributed by atoms with Crippen molar-refractivity contribution >= 4 is 0 Å². The van der Waals surface area contributed by atoms with E-state index in [0.717, 1.165) is 0 Å². The van der Waals surface area contributed by atoms with Crippen molar-refractivity contribution in [3.63, 3.8) is 0 Å². The lowest BCUT2D eigenvalue weighted by atomic mass is 9.78. The van der Waals surface area contributed by atoms with Gasteiger partial charge in [0.15, 0.2) is 0 Å². The van der Waals surface area contributed by atoms with Crippen LogP contribution in [0.1, 0.15) is 33.6 Å². The lowest BCUT2D eigenvalue weighted by molar-refractivity contribution is 0.349. The van der Waals surface area contributed by atoms with Gasteiger partial charge in [-0.15, -0.1) is 0 Å². The Kier molecular flexibility index (Phi) is 1.65. The maximum Gasteiger partial charge on any atom is -0.0162 e. The molecule has 0 saturated heterocycles. The lowest BCUT2D eigenvalue weighted by Gasteiger charge is -2.27. The first-order chi connectivity index (χ1) is 4.10. The van der Waals surface area contributed by atoms with Gasteiger partial charge in [0, 0.05) is 0 Å². The van der Waals surface area contributed by atoms with Crippen molar-refractivity contribution in [1.29, 1.82) is 0 Å². The molecule has 1 aliphatic carbocycles. The predicted octanol–water partition coefficient (Wildman–Crippen LogP) is 2.96. The Morgan fingerprint density at radius 2 is 2.11 bits per heavy atom. The van der Waals surface area contributed by atoms with Crippen molar-refractivity contribution in [3.05, 3.63) is 18.1 Å². The Morgan fingerprint density at radius 1 is 1.44 bits per heavy atom. The summed E-state index contributed by atoms with van der Waals surface area (Å²) in [6, 6.07) is 0. The van der Waals surface area contributed by atoms with Crippen LogP contribution in [0.25, 0.3) is 0 Å². The molecule has 1 radical (unpaired) electrons. The standard InChI is InChI=1S/C9H15/c1-8-5-4-6-9(2,3)7-8/h4-5H,6-7H2,1-3H3. The topological polar surface area (TPSA) is 0 Å². The molecule has 0 atom stereocenters. The van der Waals surface area contributed by atoms with Gasteiger partial charge in [0.25, 0.3) is 0 Å². The van der Waals surface area contributed by atoms with Crippen LogP contribution in [0, 0.1) is 11.8 Å². The van der Waals surface area contributed by atoms with Gasteiger partial charge in [0.05, 0.1) is 0 Å². The average Bonchev–Trinajstić information content (AvgIpc) is 1.60. The van der Waals surface area contributed by atoms with Gasteiger partial charge in [-0.25, -0.2) is 0 Å². The minimum atomic E-state index is 0.527. The van der Waals surface area contributed by atoms with Crippen LogP contribution >= 0.6 is 0 Å². The number of allylic oxidation sites excluding steroid dienone is 2. The maximum atomic E-state index is 2.32. The van der Waals surface area contributed by atoms with Crippen LogP contribution in [0.3, 0.4) is 0 Å². The first kappa shape index (κ1) is 6.85. The van der Waals surface area contributed by atoms with Crippen LogP contribution in [0.2, 0.25) is 0 Å². The summed E-state index contributed by atoms with van der Waals surface area (Å²) in [5.41, 5.74) is 2.05. The highest BCUT2D eigenvalue weighted by Crippen LogP contribution is 2.33. The van der Waals surface area contributed by atoms with Gasteiger partial charge >= 0.3 is 0 Å². The molecule has 0 bridgehead atoms. The molecule has 0 aromatic rings. The fraction of sp³-hybridized carbons (Fsp3) is 0.667. The molecule has 1 aliphatic rings. The molecule has 51 valence electrons. The van der Waals surface area contributed by atoms with E-state index < -0.39 is 0 Å². The average molecular weight is 123 g/mol. The van der Waals surface area contributed by atoms with Gasteiger partial charge in [0.1, 0.15) is 0 Å². The summed E-state index contributed by atoms with van der Waals surface area (Å²) >= 11 is 0. The molecule has 9 heavy (non-hydrogen) atoms. The van der Waals surface area contributed by atoms with Crippen molar-refractivity contribution < 1.29 is 0 Å². The second-order valence-electron chi connectivity index (χ2n) is 3.79. The van der Waals surface area contributed by atoms with Gasteiger partial charge < -0.3 is 0 Å². The molecule has 0 amide bonds. The molecule has 0 aromatic carbocycles. The SMILES string of the molecule is CC1=C[CH]CC(C)(C)C1. The van der Waals surface area contributed by atoms with Gasteiger partial charge in [-0.3, -0.25) is 0 Å². The van der Waals surface area contributed by atoms with Gasteiger partial charge in [-0.05, 0) is 31.6 Å². The smallest absolute Gasteiger partial charge is 0.0162 e. The van der Waals surface area contributed by atoms with E-state index in [9.17, 15) is 0 Å². The molecular formula is C9H15. The number of hydrogen-bond donors (Lipinski definition) is 0. The van der Waals surface area contributed by atoms with Crippen molar-refractivity contribution in [2.45, 2.75) is 33.6 Å². The monoisotopic (exact) mass is 123 g/mol. The summed E-state index contributed by atoms with van der Waals surface area (Å²) in [6.07, 6.45) is 7.03. The minimum Gasteiger partial charge on any atom is -0.0819 e. The zero-order valence-electron chi connectivity index (χ0n) is 6.57. The van der Waals surface area contributed by atoms with E-state index in [-0.39, 0.29) is 0 Å². The van der Waals surface area contributed by atoms with Crippen LogP contribution in [0.15, 0.2) is 11.6 Å². The van der Waals surface area contributed by atoms with Crippen LogP contribution < -0.4 is 0 Å². The zero-order valence-corrected chi connectivity index (χ0v) is 6.57. The predicted molar refractivity (Wildman–Crippen MR) is 41.1 cm³/mol. The Labute approximate surface area is 58.0 Å². The summed E-state index contributed by atoms with van der Waals surface area (Å²) in [5, 5.41) is 0. The Hall–Kier alpha value is -0.260. The third-order valence-electron chi connectivity index (χ3n) is 1.83. The van der Waals surface area contributed by atoms with E-state index >= 15 is 0 Å². The maximum absolute atomic E-state index is 2.32. The molecule has 1 rings (SSSR count). The summed E-state index contributed by atoms with van der Waals surface area (Å²) < 4.78 is 0. The highest BCUT2D eigenvalue weighted by molar-refractivity contribution is 5.13. The van der Waals surface area contributed by atoms with Crippen LogP contribution in [-0.4, -0.2) is 0 Å². The Bertz CT molecular complexity index is 129. The van der Waals surface area contributed by atoms with E-state index in [0.29, 0.717) is 5.41 Å². The number of rotatable bonds is 0. The van der Waals surface area contributed by atoms with E-state index in [1.54, 1.807) is 0 Å². The quantitative estimate of drug-likeness (QED) is 0.464. The summed E-state index contributed by atoms with van der Waals surface area (Å²) in [4.78, 5) is 0. The fourth-order valence-corrected chi connectivity index (χ4v) is 1.47. The Morgan fingerprint density at radius 3 is 2.44 bits per heavy atom. The summed E-state index contributed by atoms with van der Waals surface area (Å²) in [6.45, 7) is 6.84. The Balaban J connectivity index is 2.59. The minimum absolute atomic E-state index is 0.527. The van der Waals surface area contributed by atoms with Gasteiger partial charge in [-0.2, -0.15) is 0 Å². The summed E-state index contributed by atoms with van der Waals surface area (Å²) in [5.74, 6) is 0. The first-order valence-corrected chi connectivity index (χ1v) is 3.59. The molecule has 0 nitrogen and oxygen atoms in total. The molecule has 0 N–H and O–H groups in total. The molecular weight excluding hydrogens is 108 g/mol. The van der Waals surface area contributed by atoms with E-state index in [1.165, 1.54) is 18.4 Å². The van der Waals surface area contributed by atoms with Crippen molar-refractivity contribution in [2.75, 3.05) is 0 Å². The second-order valence-corrected chi connectivity index (χ2v) is 3.79. The van der Waals surface area contributed by atoms with Crippen molar-refractivity contribution in [2.24, 2.45) is 5.41 Å². The molecule has 0 fully saturated rings. The second kappa shape index (κ2) is 2.17. The molecule has 0 heteroatoms. The molecule has 0 aliphatic heterocycles.